The first kappa shape index (κ1) is 85.0. The second-order valence-corrected chi connectivity index (χ2v) is 26.5. The lowest BCUT2D eigenvalue weighted by Crippen LogP contribution is -2.62. The van der Waals surface area contributed by atoms with Gasteiger partial charge >= 0.3 is 11.9 Å². The number of carbonyl (C=O) groups is 15. The maximum atomic E-state index is 14.9. The zero-order valence-electron chi connectivity index (χ0n) is 57.6. The Morgan fingerprint density at radius 1 is 0.580 bits per heavy atom. The van der Waals surface area contributed by atoms with Gasteiger partial charge in [0, 0.05) is 43.0 Å². The largest absolute Gasteiger partial charge is 0.481 e. The Labute approximate surface area is 587 Å². The standard InChI is InChI=1S/C63H100N18O17S2/c1-9-31(3)49(79-53(88)37(64)16-13-23-69-63(67)68)60(95)78-43(28-46(65)82)57(92)76-44(29-47(66)83)58(93)80-50(32(4)10-2)61(96)81-24-14-18-45(81)59(94)77-42(27-35-30-70-38-17-12-11-15-36(35)38)56(91)72-34(6)51(86)73-39(19-20-48(84)85)54(89)71-33(5)52(87)74-40(21-25-99-7)55(90)75-41(62(97)98)22-26-100-8/h11-12,15,17,30-34,37,39-45,49-50,70H,9-10,13-14,16,18-29,64H2,1-8H3,(H2,65,82)(H2,66,83)(H,71,89)(H,72,91)(H,73,86)(H,74,87)(H,75,90)(H,76,92)(H,77,94)(H,78,95)(H,79,88)(H,80,93)(H,84,85)(H,97,98)(H4,67,68,69)/t31-,32-,33-,34-,37-,39-,40-,41-,42-,43-,44-,45-,49-,50-/m0/s1. The number of amides is 13. The third-order valence-corrected chi connectivity index (χ3v) is 18.1. The van der Waals surface area contributed by atoms with Crippen LogP contribution in [0.2, 0.25) is 0 Å². The molecule has 14 atom stereocenters. The Bertz CT molecular complexity index is 3240. The van der Waals surface area contributed by atoms with Crippen LogP contribution >= 0.6 is 23.5 Å². The molecule has 0 radical (unpaired) electrons. The summed E-state index contributed by atoms with van der Waals surface area (Å²) in [6.45, 7) is 9.35. The normalized spacial score (nSPS) is 16.6. The summed E-state index contributed by atoms with van der Waals surface area (Å²) in [5, 5.41) is 45.0. The van der Waals surface area contributed by atoms with E-state index in [1.165, 1.54) is 42.3 Å². The number of primary amides is 2. The average Bonchev–Trinajstić information content (AvgIpc) is 1.61. The molecule has 23 N–H and O–H groups in total. The van der Waals surface area contributed by atoms with E-state index in [9.17, 15) is 82.1 Å². The Morgan fingerprint density at radius 2 is 1.06 bits per heavy atom. The molecule has 0 unspecified atom stereocenters. The van der Waals surface area contributed by atoms with Gasteiger partial charge in [-0.15, -0.1) is 0 Å². The fraction of sp³-hybridized carbons (Fsp3) is 0.619. The zero-order chi connectivity index (χ0) is 75.1. The maximum absolute atomic E-state index is 14.9. The van der Waals surface area contributed by atoms with Crippen LogP contribution in [0.3, 0.4) is 0 Å². The van der Waals surface area contributed by atoms with Gasteiger partial charge in [0.1, 0.15) is 66.5 Å². The number of aliphatic carboxylic acids is 2. The third-order valence-electron chi connectivity index (χ3n) is 16.8. The number of carboxylic acids is 2. The number of carboxylic acid groups (broad SMARTS) is 2. The molecule has 1 saturated heterocycles. The van der Waals surface area contributed by atoms with Gasteiger partial charge in [0.05, 0.1) is 18.9 Å². The highest BCUT2D eigenvalue weighted by atomic mass is 32.2. The van der Waals surface area contributed by atoms with E-state index in [1.807, 2.05) is 0 Å². The summed E-state index contributed by atoms with van der Waals surface area (Å²) in [6, 6.07) is -10.2. The van der Waals surface area contributed by atoms with Gasteiger partial charge in [-0.05, 0) is 106 Å². The monoisotopic (exact) mass is 1440 g/mol. The molecule has 0 bridgehead atoms. The number of nitrogens with two attached hydrogens (primary N) is 5. The molecule has 556 valence electrons. The number of hydrogen-bond donors (Lipinski definition) is 18. The first-order chi connectivity index (χ1) is 47.2. The lowest BCUT2D eigenvalue weighted by molar-refractivity contribution is -0.144. The van der Waals surface area contributed by atoms with Crippen molar-refractivity contribution in [3.63, 3.8) is 0 Å². The zero-order valence-corrected chi connectivity index (χ0v) is 59.2. The van der Waals surface area contributed by atoms with E-state index in [1.54, 1.807) is 70.7 Å². The second-order valence-electron chi connectivity index (χ2n) is 24.6. The van der Waals surface area contributed by atoms with Gasteiger partial charge in [-0.25, -0.2) is 4.79 Å². The number of hydrogen-bond acceptors (Lipinski definition) is 19. The van der Waals surface area contributed by atoms with Gasteiger partial charge in [0.15, 0.2) is 5.96 Å². The SMILES string of the molecule is CC[C@H](C)[C@H](NC(=O)[C@@H](N)CCCN=C(N)N)C(=O)N[C@@H](CC(N)=O)C(=O)N[C@@H](CC(N)=O)C(=O)N[C@H](C(=O)N1CCC[C@H]1C(=O)N[C@@H](Cc1c[nH]c2ccccc12)C(=O)N[C@@H](C)C(=O)N[C@@H](CCC(=O)O)C(=O)N[C@@H](C)C(=O)N[C@@H](CCSC)C(=O)N[C@@H](CCSC)C(=O)O)[C@@H](C)CC. The number of nitrogens with one attached hydrogen (secondary N) is 11. The Hall–Kier alpha value is -9.26. The fourth-order valence-corrected chi connectivity index (χ4v) is 11.5. The van der Waals surface area contributed by atoms with Crippen LogP contribution in [0.25, 0.3) is 10.9 Å². The molecule has 2 heterocycles. The number of H-pyrrole nitrogens is 1. The number of aliphatic imine (C=N–C) groups is 1. The molecule has 35 nitrogen and oxygen atoms in total. The minimum atomic E-state index is -1.84. The quantitative estimate of drug-likeness (QED) is 0.0172. The predicted octanol–water partition coefficient (Wildman–Crippen LogP) is -3.73. The first-order valence-corrected chi connectivity index (χ1v) is 35.7. The van der Waals surface area contributed by atoms with E-state index >= 15 is 0 Å². The van der Waals surface area contributed by atoms with Crippen molar-refractivity contribution >= 4 is 129 Å². The predicted molar refractivity (Wildman–Crippen MR) is 372 cm³/mol. The lowest BCUT2D eigenvalue weighted by Gasteiger charge is -2.33. The number of likely N-dealkylation sites (tertiary alicyclic amines) is 1. The van der Waals surface area contributed by atoms with Crippen LogP contribution in [0.4, 0.5) is 0 Å². The van der Waals surface area contributed by atoms with Crippen molar-refractivity contribution in [2.45, 2.75) is 198 Å². The summed E-state index contributed by atoms with van der Waals surface area (Å²) in [6.07, 6.45) is 3.64. The van der Waals surface area contributed by atoms with Crippen molar-refractivity contribution in [2.75, 3.05) is 37.1 Å². The number of thioether (sulfide) groups is 2. The van der Waals surface area contributed by atoms with E-state index in [0.717, 1.165) is 0 Å². The van der Waals surface area contributed by atoms with Crippen LogP contribution < -0.4 is 81.8 Å². The van der Waals surface area contributed by atoms with E-state index < -0.39 is 199 Å². The number of para-hydroxylation sites is 1. The minimum absolute atomic E-state index is 0.0286. The third kappa shape index (κ3) is 27.8. The highest BCUT2D eigenvalue weighted by Crippen LogP contribution is 2.24. The number of aromatic amines is 1. The molecule has 0 spiro atoms. The van der Waals surface area contributed by atoms with Crippen molar-refractivity contribution in [2.24, 2.45) is 45.5 Å². The van der Waals surface area contributed by atoms with Crippen LogP contribution in [0, 0.1) is 11.8 Å². The number of guanidine groups is 1. The molecule has 13 amide bonds. The minimum Gasteiger partial charge on any atom is -0.481 e. The molecule has 1 aliphatic rings. The molecule has 37 heteroatoms. The summed E-state index contributed by atoms with van der Waals surface area (Å²) < 4.78 is 0. The molecule has 1 aromatic carbocycles. The molecule has 0 aliphatic carbocycles. The van der Waals surface area contributed by atoms with Gasteiger partial charge < -0.3 is 102 Å². The number of carbonyl (C=O) groups excluding carboxylic acids is 13. The average molecular weight is 1450 g/mol. The number of rotatable bonds is 45. The Kier molecular flexibility index (Phi) is 36.2. The van der Waals surface area contributed by atoms with Crippen molar-refractivity contribution in [3.05, 3.63) is 36.0 Å². The van der Waals surface area contributed by atoms with Crippen molar-refractivity contribution in [3.8, 4) is 0 Å². The summed E-state index contributed by atoms with van der Waals surface area (Å²) in [4.78, 5) is 211. The van der Waals surface area contributed by atoms with Gasteiger partial charge in [0.2, 0.25) is 76.8 Å². The van der Waals surface area contributed by atoms with E-state index in [0.29, 0.717) is 40.8 Å². The number of nitrogens with zero attached hydrogens (tertiary/aromatic N) is 2. The van der Waals surface area contributed by atoms with Crippen LogP contribution in [-0.2, 0) is 78.3 Å². The van der Waals surface area contributed by atoms with E-state index in [4.69, 9.17) is 28.7 Å². The fourth-order valence-electron chi connectivity index (χ4n) is 10.5. The molecule has 1 aliphatic heterocycles. The molecule has 1 fully saturated rings. The first-order valence-electron chi connectivity index (χ1n) is 32.9. The van der Waals surface area contributed by atoms with E-state index in [-0.39, 0.29) is 64.0 Å². The summed E-state index contributed by atoms with van der Waals surface area (Å²) in [5.74, 6) is -15.5. The Morgan fingerprint density at radius 3 is 1.60 bits per heavy atom. The molecule has 1 aromatic heterocycles. The molecular formula is C63H100N18O17S2. The van der Waals surface area contributed by atoms with Gasteiger partial charge in [-0.3, -0.25) is 72.1 Å². The van der Waals surface area contributed by atoms with Crippen molar-refractivity contribution in [1.82, 2.24) is 63.1 Å². The Balaban J connectivity index is 1.89. The summed E-state index contributed by atoms with van der Waals surface area (Å²) >= 11 is 2.73. The summed E-state index contributed by atoms with van der Waals surface area (Å²) in [7, 11) is 0. The number of aromatic nitrogens is 1. The smallest absolute Gasteiger partial charge is 0.326 e. The molecular weight excluding hydrogens is 1340 g/mol. The molecule has 100 heavy (non-hydrogen) atoms. The van der Waals surface area contributed by atoms with Crippen molar-refractivity contribution < 1.29 is 82.1 Å². The van der Waals surface area contributed by atoms with Crippen LogP contribution in [-0.4, -0.2) is 224 Å². The number of benzene rings is 1. The highest BCUT2D eigenvalue weighted by Gasteiger charge is 2.43. The number of fused-ring (bicyclic) bond motifs is 1. The van der Waals surface area contributed by atoms with Crippen LogP contribution in [0.15, 0.2) is 35.5 Å². The topological polar surface area (TPSA) is 578 Å². The second kappa shape index (κ2) is 42.6. The molecule has 3 rings (SSSR count). The van der Waals surface area contributed by atoms with Crippen LogP contribution in [0.5, 0.6) is 0 Å². The molecule has 2 aromatic rings. The molecule has 0 saturated carbocycles. The summed E-state index contributed by atoms with van der Waals surface area (Å²) in [5.41, 5.74) is 29.1. The maximum Gasteiger partial charge on any atom is 0.326 e. The van der Waals surface area contributed by atoms with Crippen molar-refractivity contribution in [1.29, 1.82) is 0 Å². The highest BCUT2D eigenvalue weighted by molar-refractivity contribution is 7.98. The van der Waals surface area contributed by atoms with Gasteiger partial charge in [-0.1, -0.05) is 58.7 Å². The lowest BCUT2D eigenvalue weighted by atomic mass is 9.96. The van der Waals surface area contributed by atoms with E-state index in [2.05, 4.69) is 63.1 Å². The van der Waals surface area contributed by atoms with Gasteiger partial charge in [0.25, 0.3) is 0 Å². The van der Waals surface area contributed by atoms with Crippen LogP contribution in [0.1, 0.15) is 124 Å². The van der Waals surface area contributed by atoms with Gasteiger partial charge in [-0.2, -0.15) is 23.5 Å².